The number of nitro groups is 1. The summed E-state index contributed by atoms with van der Waals surface area (Å²) in [5.41, 5.74) is -2.46. The largest absolute Gasteiger partial charge is 0.436 e. The zero-order chi connectivity index (χ0) is 32.3. The van der Waals surface area contributed by atoms with E-state index in [2.05, 4.69) is 10.6 Å². The third-order valence-electron chi connectivity index (χ3n) is 7.90. The van der Waals surface area contributed by atoms with Gasteiger partial charge in [0.2, 0.25) is 5.91 Å². The van der Waals surface area contributed by atoms with Gasteiger partial charge in [0.25, 0.3) is 27.5 Å². The predicted molar refractivity (Wildman–Crippen MR) is 158 cm³/mol. The second-order valence-electron chi connectivity index (χ2n) is 12.5. The lowest BCUT2D eigenvalue weighted by molar-refractivity contribution is -0.384. The Morgan fingerprint density at radius 1 is 1.09 bits per heavy atom. The van der Waals surface area contributed by atoms with Gasteiger partial charge in [-0.15, -0.1) is 0 Å². The van der Waals surface area contributed by atoms with Crippen molar-refractivity contribution in [2.75, 3.05) is 6.54 Å². The Labute approximate surface area is 256 Å². The molecular formula is C29H39N5O9S. The van der Waals surface area contributed by atoms with Crippen molar-refractivity contribution in [2.24, 2.45) is 5.92 Å². The molecule has 1 aromatic carbocycles. The molecule has 0 radical (unpaired) electrons. The van der Waals surface area contributed by atoms with Crippen LogP contribution >= 0.6 is 0 Å². The molecule has 2 aliphatic heterocycles. The molecule has 15 heteroatoms. The number of nitro benzene ring substituents is 1. The number of allylic oxidation sites excluding steroid dienone is 1. The van der Waals surface area contributed by atoms with Gasteiger partial charge in [-0.25, -0.2) is 17.9 Å². The number of rotatable bonds is 5. The number of nitrogens with zero attached hydrogens (tertiary/aromatic N) is 2. The van der Waals surface area contributed by atoms with Crippen LogP contribution in [-0.2, 0) is 29.1 Å². The van der Waals surface area contributed by atoms with Crippen LogP contribution in [0.3, 0.4) is 0 Å². The zero-order valence-corrected chi connectivity index (χ0v) is 25.9. The predicted octanol–water partition coefficient (Wildman–Crippen LogP) is 2.68. The number of amides is 4. The molecule has 1 saturated carbocycles. The van der Waals surface area contributed by atoms with E-state index in [0.29, 0.717) is 32.1 Å². The van der Waals surface area contributed by atoms with Crippen molar-refractivity contribution in [1.29, 1.82) is 0 Å². The SMILES string of the molecule is CC(C)(C)NC(=O)O[C@H]1CCCCCC=C[C@@H]2C[C@@]2(C(=O)NS(=O)(=O)c2ccc([N+](=O)[O-])cc2)NC(=O)[C@@H]2CCCN2C1=O. The van der Waals surface area contributed by atoms with E-state index in [0.717, 1.165) is 37.1 Å². The Bertz CT molecular complexity index is 1440. The number of ether oxygens (including phenoxy) is 1. The molecule has 4 atom stereocenters. The molecule has 0 unspecified atom stereocenters. The molecule has 1 aliphatic carbocycles. The number of fused-ring (bicyclic) bond motifs is 2. The molecule has 3 N–H and O–H groups in total. The lowest BCUT2D eigenvalue weighted by atomic mass is 10.1. The first kappa shape index (κ1) is 32.9. The van der Waals surface area contributed by atoms with Crippen LogP contribution in [0.15, 0.2) is 41.3 Å². The Kier molecular flexibility index (Phi) is 9.66. The normalized spacial score (nSPS) is 26.2. The van der Waals surface area contributed by atoms with Crippen LogP contribution in [0.2, 0.25) is 0 Å². The molecule has 44 heavy (non-hydrogen) atoms. The molecule has 0 bridgehead atoms. The fourth-order valence-corrected chi connectivity index (χ4v) is 6.56. The summed E-state index contributed by atoms with van der Waals surface area (Å²) >= 11 is 0. The van der Waals surface area contributed by atoms with E-state index in [1.807, 2.05) is 10.8 Å². The molecule has 14 nitrogen and oxygen atoms in total. The van der Waals surface area contributed by atoms with E-state index in [4.69, 9.17) is 4.74 Å². The number of hydrogen-bond donors (Lipinski definition) is 3. The van der Waals surface area contributed by atoms with Crippen LogP contribution in [0.5, 0.6) is 0 Å². The van der Waals surface area contributed by atoms with E-state index in [1.165, 1.54) is 4.90 Å². The Morgan fingerprint density at radius 2 is 1.80 bits per heavy atom. The molecule has 2 heterocycles. The number of hydrogen-bond acceptors (Lipinski definition) is 9. The number of benzene rings is 1. The minimum atomic E-state index is -4.42. The highest BCUT2D eigenvalue weighted by Crippen LogP contribution is 2.46. The summed E-state index contributed by atoms with van der Waals surface area (Å²) in [5, 5.41) is 16.4. The molecule has 0 aromatic heterocycles. The van der Waals surface area contributed by atoms with Gasteiger partial charge < -0.3 is 20.3 Å². The van der Waals surface area contributed by atoms with Crippen molar-refractivity contribution in [3.63, 3.8) is 0 Å². The molecule has 1 saturated heterocycles. The molecule has 4 amide bonds. The zero-order valence-electron chi connectivity index (χ0n) is 25.0. The highest BCUT2D eigenvalue weighted by molar-refractivity contribution is 7.90. The van der Waals surface area contributed by atoms with Gasteiger partial charge in [-0.2, -0.15) is 0 Å². The number of alkyl carbamates (subject to hydrolysis) is 1. The van der Waals surface area contributed by atoms with E-state index < -0.39 is 67.9 Å². The lowest BCUT2D eigenvalue weighted by Crippen LogP contribution is -2.57. The summed E-state index contributed by atoms with van der Waals surface area (Å²) in [6.45, 7) is 5.62. The summed E-state index contributed by atoms with van der Waals surface area (Å²) in [5.74, 6) is -2.53. The first-order chi connectivity index (χ1) is 20.6. The number of nitrogens with one attached hydrogen (secondary N) is 3. The maximum absolute atomic E-state index is 13.7. The van der Waals surface area contributed by atoms with Crippen molar-refractivity contribution >= 4 is 39.5 Å². The van der Waals surface area contributed by atoms with E-state index in [1.54, 1.807) is 26.8 Å². The first-order valence-electron chi connectivity index (χ1n) is 14.7. The lowest BCUT2D eigenvalue weighted by Gasteiger charge is -2.30. The monoisotopic (exact) mass is 633 g/mol. The van der Waals surface area contributed by atoms with E-state index >= 15 is 0 Å². The van der Waals surface area contributed by atoms with Crippen LogP contribution < -0.4 is 15.4 Å². The van der Waals surface area contributed by atoms with Crippen LogP contribution in [-0.4, -0.2) is 71.8 Å². The van der Waals surface area contributed by atoms with E-state index in [-0.39, 0.29) is 23.5 Å². The van der Waals surface area contributed by atoms with Gasteiger partial charge in [-0.1, -0.05) is 18.6 Å². The molecular weight excluding hydrogens is 594 g/mol. The van der Waals surface area contributed by atoms with E-state index in [9.17, 15) is 37.7 Å². The first-order valence-corrected chi connectivity index (χ1v) is 16.2. The number of sulfonamides is 1. The summed E-state index contributed by atoms with van der Waals surface area (Å²) in [6.07, 6.45) is 5.92. The van der Waals surface area contributed by atoms with Crippen molar-refractivity contribution < 1.29 is 37.3 Å². The average molecular weight is 634 g/mol. The third kappa shape index (κ3) is 7.73. The molecule has 0 spiro atoms. The minimum Gasteiger partial charge on any atom is -0.436 e. The van der Waals surface area contributed by atoms with Gasteiger partial charge >= 0.3 is 6.09 Å². The summed E-state index contributed by atoms with van der Waals surface area (Å²) in [7, 11) is -4.42. The highest BCUT2D eigenvalue weighted by Gasteiger charge is 2.61. The van der Waals surface area contributed by atoms with Gasteiger partial charge in [0.15, 0.2) is 6.10 Å². The quantitative estimate of drug-likeness (QED) is 0.248. The number of carbonyl (C=O) groups excluding carboxylic acids is 4. The van der Waals surface area contributed by atoms with Gasteiger partial charge in [0.05, 0.1) is 9.82 Å². The van der Waals surface area contributed by atoms with Gasteiger partial charge in [0.1, 0.15) is 11.6 Å². The molecule has 240 valence electrons. The van der Waals surface area contributed by atoms with Crippen LogP contribution in [0.1, 0.15) is 72.1 Å². The van der Waals surface area contributed by atoms with Gasteiger partial charge in [0, 0.05) is 30.1 Å². The van der Waals surface area contributed by atoms with Crippen LogP contribution in [0, 0.1) is 16.0 Å². The fraction of sp³-hybridized carbons (Fsp3) is 0.586. The minimum absolute atomic E-state index is 0.149. The summed E-state index contributed by atoms with van der Waals surface area (Å²) in [4.78, 5) is 64.7. The Morgan fingerprint density at radius 3 is 2.45 bits per heavy atom. The average Bonchev–Trinajstić information content (AvgIpc) is 3.40. The maximum atomic E-state index is 13.7. The number of non-ortho nitro benzene ring substituents is 1. The number of carbonyl (C=O) groups is 4. The summed E-state index contributed by atoms with van der Waals surface area (Å²) < 4.78 is 33.6. The summed E-state index contributed by atoms with van der Waals surface area (Å²) in [6, 6.07) is 3.13. The molecule has 3 aliphatic rings. The van der Waals surface area contributed by atoms with Crippen LogP contribution in [0.4, 0.5) is 10.5 Å². The van der Waals surface area contributed by atoms with Crippen molar-refractivity contribution in [2.45, 2.75) is 100 Å². The fourth-order valence-electron chi connectivity index (χ4n) is 5.52. The third-order valence-corrected chi connectivity index (χ3v) is 9.24. The molecule has 4 rings (SSSR count). The van der Waals surface area contributed by atoms with Gasteiger partial charge in [-0.05, 0) is 77.8 Å². The standard InChI is InChI=1S/C29H39N5O9S/c1-28(2,3)31-27(38)43-23-12-8-6-4-5-7-10-19-18-29(19,30-24(35)22-11-9-17-33(22)25(23)36)26(37)32-44(41,42)21-15-13-20(14-16-21)34(39)40/h7,10,13-16,19,22-23H,4-6,8-9,11-12,17-18H2,1-3H3,(H,30,35)(H,31,38)(H,32,37)/t19-,22+,23+,29-/m1/s1. The van der Waals surface area contributed by atoms with Crippen molar-refractivity contribution in [3.8, 4) is 0 Å². The van der Waals surface area contributed by atoms with Crippen molar-refractivity contribution in [3.05, 3.63) is 46.5 Å². The maximum Gasteiger partial charge on any atom is 0.408 e. The molecule has 1 aromatic rings. The topological polar surface area (TPSA) is 194 Å². The Balaban J connectivity index is 1.56. The molecule has 2 fully saturated rings. The second-order valence-corrected chi connectivity index (χ2v) is 14.2. The smallest absolute Gasteiger partial charge is 0.408 e. The second kappa shape index (κ2) is 12.9. The Hall–Kier alpha value is -4.01. The van der Waals surface area contributed by atoms with Crippen molar-refractivity contribution in [1.82, 2.24) is 20.3 Å². The van der Waals surface area contributed by atoms with Gasteiger partial charge in [-0.3, -0.25) is 24.5 Å². The van der Waals surface area contributed by atoms with Crippen LogP contribution in [0.25, 0.3) is 0 Å². The highest BCUT2D eigenvalue weighted by atomic mass is 32.2.